The zero-order valence-electron chi connectivity index (χ0n) is 16.3. The smallest absolute Gasteiger partial charge is 0.234 e. The van der Waals surface area contributed by atoms with Crippen molar-refractivity contribution in [3.8, 4) is 5.75 Å². The first-order valence-electron chi connectivity index (χ1n) is 9.61. The zero-order chi connectivity index (χ0) is 19.3. The summed E-state index contributed by atoms with van der Waals surface area (Å²) in [4.78, 5) is 28.8. The Bertz CT molecular complexity index is 681. The van der Waals surface area contributed by atoms with E-state index in [1.54, 1.807) is 7.11 Å². The topological polar surface area (TPSA) is 73.9 Å². The summed E-state index contributed by atoms with van der Waals surface area (Å²) in [5.74, 6) is 0.933. The van der Waals surface area contributed by atoms with Crippen LogP contribution in [0.4, 0.5) is 0 Å². The van der Waals surface area contributed by atoms with Crippen LogP contribution < -0.4 is 15.4 Å². The quantitative estimate of drug-likeness (QED) is 0.790. The van der Waals surface area contributed by atoms with E-state index in [0.29, 0.717) is 26.1 Å². The minimum absolute atomic E-state index is 0.0171. The monoisotopic (exact) mass is 374 g/mol. The molecule has 3 rings (SSSR count). The second-order valence-electron chi connectivity index (χ2n) is 7.55. The highest BCUT2D eigenvalue weighted by molar-refractivity contribution is 5.78. The van der Waals surface area contributed by atoms with Gasteiger partial charge in [0.25, 0.3) is 0 Å². The number of para-hydroxylation sites is 1. The first-order chi connectivity index (χ1) is 13.0. The van der Waals surface area contributed by atoms with Crippen molar-refractivity contribution in [3.63, 3.8) is 0 Å². The number of hydrogen-bond acceptors (Lipinski definition) is 5. The van der Waals surface area contributed by atoms with Gasteiger partial charge in [-0.05, 0) is 26.0 Å². The molecular formula is C20H30N4O3. The van der Waals surface area contributed by atoms with Crippen LogP contribution >= 0.6 is 0 Å². The van der Waals surface area contributed by atoms with Gasteiger partial charge in [0.15, 0.2) is 0 Å². The predicted octanol–water partition coefficient (Wildman–Crippen LogP) is 0.598. The second kappa shape index (κ2) is 8.71. The molecule has 0 saturated carbocycles. The van der Waals surface area contributed by atoms with Crippen LogP contribution in [0.15, 0.2) is 24.3 Å². The van der Waals surface area contributed by atoms with Gasteiger partial charge in [-0.15, -0.1) is 0 Å². The van der Waals surface area contributed by atoms with Crippen LogP contribution in [-0.2, 0) is 16.1 Å². The van der Waals surface area contributed by atoms with E-state index in [4.69, 9.17) is 4.74 Å². The summed E-state index contributed by atoms with van der Waals surface area (Å²) < 4.78 is 5.33. The van der Waals surface area contributed by atoms with E-state index in [1.165, 1.54) is 0 Å². The molecule has 2 heterocycles. The molecule has 27 heavy (non-hydrogen) atoms. The number of ether oxygens (including phenoxy) is 1. The van der Waals surface area contributed by atoms with E-state index >= 15 is 0 Å². The number of rotatable bonds is 5. The minimum atomic E-state index is -0.0274. The number of carbonyl (C=O) groups is 2. The Morgan fingerprint density at radius 2 is 2.11 bits per heavy atom. The van der Waals surface area contributed by atoms with Crippen LogP contribution in [0.25, 0.3) is 0 Å². The Kier molecular flexibility index (Phi) is 6.34. The highest BCUT2D eigenvalue weighted by Crippen LogP contribution is 2.30. The summed E-state index contributed by atoms with van der Waals surface area (Å²) in [6.07, 6.45) is 2.32. The van der Waals surface area contributed by atoms with Gasteiger partial charge in [-0.2, -0.15) is 0 Å². The van der Waals surface area contributed by atoms with Gasteiger partial charge in [0.2, 0.25) is 11.8 Å². The van der Waals surface area contributed by atoms with Gasteiger partial charge in [-0.3, -0.25) is 19.4 Å². The van der Waals surface area contributed by atoms with Gasteiger partial charge in [0.1, 0.15) is 5.75 Å². The molecule has 0 radical (unpaired) electrons. The number of carbonyl (C=O) groups excluding carboxylic acids is 2. The third-order valence-electron chi connectivity index (χ3n) is 5.85. The summed E-state index contributed by atoms with van der Waals surface area (Å²) in [7, 11) is 3.77. The Morgan fingerprint density at radius 1 is 1.30 bits per heavy atom. The van der Waals surface area contributed by atoms with E-state index in [0.717, 1.165) is 43.8 Å². The summed E-state index contributed by atoms with van der Waals surface area (Å²) >= 11 is 0. The van der Waals surface area contributed by atoms with E-state index in [1.807, 2.05) is 24.3 Å². The predicted molar refractivity (Wildman–Crippen MR) is 104 cm³/mol. The van der Waals surface area contributed by atoms with Crippen LogP contribution in [0, 0.1) is 0 Å². The van der Waals surface area contributed by atoms with Crippen LogP contribution in [-0.4, -0.2) is 74.0 Å². The molecule has 1 atom stereocenters. The molecule has 1 spiro atoms. The fourth-order valence-corrected chi connectivity index (χ4v) is 4.12. The molecule has 1 unspecified atom stereocenters. The summed E-state index contributed by atoms with van der Waals surface area (Å²) in [5.41, 5.74) is 0.942. The standard InChI is InChI=1S/C20H30N4O3/c1-23-11-12-24(15-20(23)8-7-18(25)21-10-9-20)14-19(26)22-13-16-5-3-4-6-17(16)27-2/h3-6H,7-15H2,1-2H3,(H,21,25)(H,22,26). The molecule has 7 nitrogen and oxygen atoms in total. The number of nitrogens with zero attached hydrogens (tertiary/aromatic N) is 2. The molecule has 2 fully saturated rings. The van der Waals surface area contributed by atoms with Crippen molar-refractivity contribution >= 4 is 11.8 Å². The fourth-order valence-electron chi connectivity index (χ4n) is 4.12. The van der Waals surface area contributed by atoms with Crippen LogP contribution in [0.5, 0.6) is 5.75 Å². The van der Waals surface area contributed by atoms with Crippen molar-refractivity contribution in [2.75, 3.05) is 46.9 Å². The summed E-state index contributed by atoms with van der Waals surface area (Å²) in [6, 6.07) is 7.71. The van der Waals surface area contributed by atoms with Crippen molar-refractivity contribution < 1.29 is 14.3 Å². The molecule has 2 saturated heterocycles. The van der Waals surface area contributed by atoms with Gasteiger partial charge in [-0.25, -0.2) is 0 Å². The molecule has 148 valence electrons. The fraction of sp³-hybridized carbons (Fsp3) is 0.600. The van der Waals surface area contributed by atoms with E-state index < -0.39 is 0 Å². The Balaban J connectivity index is 1.55. The third kappa shape index (κ3) is 4.78. The molecule has 2 aliphatic rings. The highest BCUT2D eigenvalue weighted by atomic mass is 16.5. The third-order valence-corrected chi connectivity index (χ3v) is 5.85. The van der Waals surface area contributed by atoms with Gasteiger partial charge in [0, 0.05) is 50.2 Å². The van der Waals surface area contributed by atoms with E-state index in [9.17, 15) is 9.59 Å². The molecule has 2 amide bonds. The van der Waals surface area contributed by atoms with Crippen LogP contribution in [0.2, 0.25) is 0 Å². The molecule has 7 heteroatoms. The second-order valence-corrected chi connectivity index (χ2v) is 7.55. The molecule has 1 aromatic rings. The first-order valence-corrected chi connectivity index (χ1v) is 9.61. The van der Waals surface area contributed by atoms with Crippen molar-refractivity contribution in [1.82, 2.24) is 20.4 Å². The number of benzene rings is 1. The number of amides is 2. The number of nitrogens with one attached hydrogen (secondary N) is 2. The SMILES string of the molecule is COc1ccccc1CNC(=O)CN1CCN(C)C2(CCNC(=O)CC2)C1. The Morgan fingerprint density at radius 3 is 2.93 bits per heavy atom. The van der Waals surface area contributed by atoms with Crippen molar-refractivity contribution in [2.45, 2.75) is 31.3 Å². The normalized spacial score (nSPS) is 24.3. The zero-order valence-corrected chi connectivity index (χ0v) is 16.3. The van der Waals surface area contributed by atoms with Gasteiger partial charge < -0.3 is 15.4 Å². The molecule has 2 N–H and O–H groups in total. The molecule has 0 aromatic heterocycles. The number of piperazine rings is 1. The average molecular weight is 374 g/mol. The maximum absolute atomic E-state index is 12.5. The van der Waals surface area contributed by atoms with Crippen LogP contribution in [0.3, 0.4) is 0 Å². The van der Waals surface area contributed by atoms with Crippen LogP contribution in [0.1, 0.15) is 24.8 Å². The van der Waals surface area contributed by atoms with Gasteiger partial charge >= 0.3 is 0 Å². The lowest BCUT2D eigenvalue weighted by Gasteiger charge is -2.49. The maximum atomic E-state index is 12.5. The maximum Gasteiger partial charge on any atom is 0.234 e. The lowest BCUT2D eigenvalue weighted by atomic mass is 9.86. The lowest BCUT2D eigenvalue weighted by molar-refractivity contribution is -0.124. The highest BCUT2D eigenvalue weighted by Gasteiger charge is 2.41. The minimum Gasteiger partial charge on any atom is -0.496 e. The van der Waals surface area contributed by atoms with Crippen molar-refractivity contribution in [3.05, 3.63) is 29.8 Å². The van der Waals surface area contributed by atoms with Gasteiger partial charge in [-0.1, -0.05) is 18.2 Å². The average Bonchev–Trinajstić information content (AvgIpc) is 2.85. The number of likely N-dealkylation sites (N-methyl/N-ethyl adjacent to an activating group) is 1. The van der Waals surface area contributed by atoms with E-state index in [-0.39, 0.29) is 17.4 Å². The Labute approximate surface area is 161 Å². The lowest BCUT2D eigenvalue weighted by Crippen LogP contribution is -2.62. The number of hydrogen-bond donors (Lipinski definition) is 2. The first kappa shape index (κ1) is 19.6. The summed E-state index contributed by atoms with van der Waals surface area (Å²) in [5, 5.41) is 5.97. The van der Waals surface area contributed by atoms with Crippen molar-refractivity contribution in [2.24, 2.45) is 0 Å². The number of methoxy groups -OCH3 is 1. The summed E-state index contributed by atoms with van der Waals surface area (Å²) in [6.45, 7) is 4.14. The van der Waals surface area contributed by atoms with Crippen molar-refractivity contribution in [1.29, 1.82) is 0 Å². The molecule has 0 aliphatic carbocycles. The molecule has 0 bridgehead atoms. The molecular weight excluding hydrogens is 344 g/mol. The largest absolute Gasteiger partial charge is 0.496 e. The Hall–Kier alpha value is -2.12. The molecule has 1 aromatic carbocycles. The van der Waals surface area contributed by atoms with Gasteiger partial charge in [0.05, 0.1) is 13.7 Å². The van der Waals surface area contributed by atoms with E-state index in [2.05, 4.69) is 27.5 Å². The molecule has 2 aliphatic heterocycles.